The van der Waals surface area contributed by atoms with Crippen LogP contribution >= 0.6 is 0 Å². The largest absolute Gasteiger partial charge is 0.478 e. The van der Waals surface area contributed by atoms with E-state index in [4.69, 9.17) is 5.11 Å². The van der Waals surface area contributed by atoms with E-state index >= 15 is 0 Å². The Hall–Kier alpha value is -1.88. The molecule has 1 N–H and O–H groups in total. The Morgan fingerprint density at radius 3 is 2.90 bits per heavy atom. The first-order chi connectivity index (χ1) is 10.2. The molecule has 2 aliphatic heterocycles. The van der Waals surface area contributed by atoms with Gasteiger partial charge in [0.05, 0.1) is 0 Å². The van der Waals surface area contributed by atoms with Gasteiger partial charge in [-0.2, -0.15) is 0 Å². The second-order valence-corrected chi connectivity index (χ2v) is 5.72. The van der Waals surface area contributed by atoms with Crippen molar-refractivity contribution in [2.24, 2.45) is 0 Å². The van der Waals surface area contributed by atoms with Gasteiger partial charge in [0.25, 0.3) is 0 Å². The number of anilines is 1. The summed E-state index contributed by atoms with van der Waals surface area (Å²) in [5.74, 6) is -0.0298. The molecule has 3 heterocycles. The van der Waals surface area contributed by atoms with Gasteiger partial charge in [-0.15, -0.1) is 0 Å². The first kappa shape index (κ1) is 14.1. The van der Waals surface area contributed by atoms with Crippen LogP contribution in [0.15, 0.2) is 24.4 Å². The fourth-order valence-electron chi connectivity index (χ4n) is 3.30. The number of aromatic nitrogens is 1. The molecule has 0 aromatic carbocycles. The smallest absolute Gasteiger partial charge is 0.328 e. The second kappa shape index (κ2) is 6.26. The molecule has 0 saturated carbocycles. The van der Waals surface area contributed by atoms with E-state index in [1.165, 1.54) is 38.4 Å². The molecule has 3 rings (SSSR count). The summed E-state index contributed by atoms with van der Waals surface area (Å²) in [7, 11) is 0. The predicted octanol–water partition coefficient (Wildman–Crippen LogP) is 1.85. The lowest BCUT2D eigenvalue weighted by Gasteiger charge is -2.24. The van der Waals surface area contributed by atoms with E-state index in [2.05, 4.69) is 14.8 Å². The molecule has 1 aromatic heterocycles. The first-order valence-electron chi connectivity index (χ1n) is 7.59. The van der Waals surface area contributed by atoms with Crippen molar-refractivity contribution in [3.05, 3.63) is 30.0 Å². The third-order valence-corrected chi connectivity index (χ3v) is 4.34. The van der Waals surface area contributed by atoms with Crippen molar-refractivity contribution in [1.29, 1.82) is 0 Å². The number of hydrogen-bond donors (Lipinski definition) is 1. The van der Waals surface area contributed by atoms with E-state index < -0.39 is 5.97 Å². The molecule has 0 aliphatic carbocycles. The summed E-state index contributed by atoms with van der Waals surface area (Å²) in [4.78, 5) is 20.0. The number of carboxylic acids is 1. The van der Waals surface area contributed by atoms with Gasteiger partial charge in [0.15, 0.2) is 0 Å². The van der Waals surface area contributed by atoms with Gasteiger partial charge in [-0.25, -0.2) is 9.78 Å². The molecule has 1 atom stereocenters. The molecule has 1 unspecified atom stereocenters. The van der Waals surface area contributed by atoms with Gasteiger partial charge in [-0.3, -0.25) is 4.90 Å². The maximum absolute atomic E-state index is 10.7. The number of nitrogens with zero attached hydrogens (tertiary/aromatic N) is 3. The molecular weight excluding hydrogens is 266 g/mol. The van der Waals surface area contributed by atoms with Crippen LogP contribution in [0.2, 0.25) is 0 Å². The monoisotopic (exact) mass is 287 g/mol. The molecular formula is C16H21N3O2. The first-order valence-corrected chi connectivity index (χ1v) is 7.59. The van der Waals surface area contributed by atoms with Gasteiger partial charge >= 0.3 is 5.97 Å². The van der Waals surface area contributed by atoms with Gasteiger partial charge in [-0.1, -0.05) is 0 Å². The number of carboxylic acid groups (broad SMARTS) is 1. The highest BCUT2D eigenvalue weighted by atomic mass is 16.4. The summed E-state index contributed by atoms with van der Waals surface area (Å²) in [5, 5.41) is 8.79. The standard InChI is InChI=1S/C16H21N3O2/c20-15(21)6-5-13-4-3-8-17-16(13)19-11-7-14(12-19)18-9-1-2-10-18/h3-6,8,14H,1-2,7,9-12H2,(H,20,21)/b6-5+. The lowest BCUT2D eigenvalue weighted by atomic mass is 10.2. The molecule has 0 radical (unpaired) electrons. The SMILES string of the molecule is O=C(O)/C=C/c1cccnc1N1CCC(N2CCCC2)C1. The maximum atomic E-state index is 10.7. The summed E-state index contributed by atoms with van der Waals surface area (Å²) in [6, 6.07) is 4.38. The molecule has 21 heavy (non-hydrogen) atoms. The Kier molecular flexibility index (Phi) is 4.20. The summed E-state index contributed by atoms with van der Waals surface area (Å²) < 4.78 is 0. The summed E-state index contributed by atoms with van der Waals surface area (Å²) >= 11 is 0. The van der Waals surface area contributed by atoms with E-state index in [0.717, 1.165) is 24.5 Å². The molecule has 2 saturated heterocycles. The van der Waals surface area contributed by atoms with Crippen molar-refractivity contribution in [1.82, 2.24) is 9.88 Å². The number of rotatable bonds is 4. The molecule has 0 amide bonds. The van der Waals surface area contributed by atoms with Gasteiger partial charge in [-0.05, 0) is 50.6 Å². The summed E-state index contributed by atoms with van der Waals surface area (Å²) in [6.45, 7) is 4.41. The maximum Gasteiger partial charge on any atom is 0.328 e. The summed E-state index contributed by atoms with van der Waals surface area (Å²) in [6.07, 6.45) is 8.37. The minimum Gasteiger partial charge on any atom is -0.478 e. The van der Waals surface area contributed by atoms with Crippen molar-refractivity contribution >= 4 is 17.9 Å². The molecule has 2 aliphatic rings. The quantitative estimate of drug-likeness (QED) is 0.857. The van der Waals surface area contributed by atoms with Crippen LogP contribution in [0.25, 0.3) is 6.08 Å². The number of likely N-dealkylation sites (tertiary alicyclic amines) is 1. The number of aliphatic carboxylic acids is 1. The fourth-order valence-corrected chi connectivity index (χ4v) is 3.30. The van der Waals surface area contributed by atoms with Gasteiger partial charge in [0.2, 0.25) is 0 Å². The fraction of sp³-hybridized carbons (Fsp3) is 0.500. The third kappa shape index (κ3) is 3.24. The average Bonchev–Trinajstić information content (AvgIpc) is 3.16. The molecule has 112 valence electrons. The normalized spacial score (nSPS) is 23.2. The van der Waals surface area contributed by atoms with E-state index in [-0.39, 0.29) is 0 Å². The number of hydrogen-bond acceptors (Lipinski definition) is 4. The van der Waals surface area contributed by atoms with Crippen molar-refractivity contribution in [3.63, 3.8) is 0 Å². The summed E-state index contributed by atoms with van der Waals surface area (Å²) in [5.41, 5.74) is 0.877. The topological polar surface area (TPSA) is 56.7 Å². The van der Waals surface area contributed by atoms with Crippen LogP contribution in [0.5, 0.6) is 0 Å². The highest BCUT2D eigenvalue weighted by molar-refractivity contribution is 5.86. The van der Waals surface area contributed by atoms with Gasteiger partial charge in [0.1, 0.15) is 5.82 Å². The van der Waals surface area contributed by atoms with Crippen LogP contribution in [0.4, 0.5) is 5.82 Å². The van der Waals surface area contributed by atoms with Crippen molar-refractivity contribution < 1.29 is 9.90 Å². The van der Waals surface area contributed by atoms with Crippen LogP contribution in [0.3, 0.4) is 0 Å². The van der Waals surface area contributed by atoms with E-state index in [9.17, 15) is 4.79 Å². The molecule has 5 heteroatoms. The zero-order chi connectivity index (χ0) is 14.7. The van der Waals surface area contributed by atoms with Crippen molar-refractivity contribution in [3.8, 4) is 0 Å². The Labute approximate surface area is 124 Å². The predicted molar refractivity (Wildman–Crippen MR) is 82.3 cm³/mol. The van der Waals surface area contributed by atoms with E-state index in [0.29, 0.717) is 6.04 Å². The number of pyridine rings is 1. The lowest BCUT2D eigenvalue weighted by molar-refractivity contribution is -0.131. The minimum atomic E-state index is -0.929. The van der Waals surface area contributed by atoms with Crippen LogP contribution in [-0.4, -0.2) is 53.2 Å². The zero-order valence-corrected chi connectivity index (χ0v) is 12.1. The van der Waals surface area contributed by atoms with E-state index in [1.54, 1.807) is 12.3 Å². The van der Waals surface area contributed by atoms with Gasteiger partial charge < -0.3 is 10.0 Å². The highest BCUT2D eigenvalue weighted by Crippen LogP contribution is 2.26. The van der Waals surface area contributed by atoms with Crippen molar-refractivity contribution in [2.45, 2.75) is 25.3 Å². The Morgan fingerprint density at radius 1 is 1.33 bits per heavy atom. The minimum absolute atomic E-state index is 0.616. The zero-order valence-electron chi connectivity index (χ0n) is 12.1. The number of carbonyl (C=O) groups is 1. The Morgan fingerprint density at radius 2 is 2.14 bits per heavy atom. The van der Waals surface area contributed by atoms with Crippen LogP contribution in [0.1, 0.15) is 24.8 Å². The lowest BCUT2D eigenvalue weighted by Crippen LogP contribution is -2.35. The molecule has 1 aromatic rings. The van der Waals surface area contributed by atoms with Gasteiger partial charge in [0, 0.05) is 37.0 Å². The Balaban J connectivity index is 1.73. The second-order valence-electron chi connectivity index (χ2n) is 5.72. The van der Waals surface area contributed by atoms with Crippen LogP contribution in [0, 0.1) is 0 Å². The molecule has 0 spiro atoms. The Bertz CT molecular complexity index is 538. The molecule has 5 nitrogen and oxygen atoms in total. The third-order valence-electron chi connectivity index (χ3n) is 4.34. The van der Waals surface area contributed by atoms with E-state index in [1.807, 2.05) is 12.1 Å². The molecule has 2 fully saturated rings. The highest BCUT2D eigenvalue weighted by Gasteiger charge is 2.30. The van der Waals surface area contributed by atoms with Crippen LogP contribution < -0.4 is 4.90 Å². The average molecular weight is 287 g/mol. The molecule has 0 bridgehead atoms. The van der Waals surface area contributed by atoms with Crippen LogP contribution in [-0.2, 0) is 4.79 Å². The van der Waals surface area contributed by atoms with Crippen molar-refractivity contribution in [2.75, 3.05) is 31.1 Å².